The van der Waals surface area contributed by atoms with Gasteiger partial charge in [0.15, 0.2) is 0 Å². The third kappa shape index (κ3) is 8.05. The van der Waals surface area contributed by atoms with Crippen molar-refractivity contribution in [3.8, 4) is 0 Å². The standard InChI is InChI=1S/C23H29N3O3.ClH/c27-22(25-29-23(28)26-16-14-24-15-17-26)18-21-12-10-20(11-13-21)9-5-4-8-19-6-2-1-3-7-19;/h1-3,6-7,10-13,24H,4-5,8-9,14-18H2,(H,25,27);1H. The number of unbranched alkanes of at least 4 members (excludes halogenated alkanes) is 1. The molecule has 0 spiro atoms. The molecule has 2 N–H and O–H groups in total. The molecule has 30 heavy (non-hydrogen) atoms. The van der Waals surface area contributed by atoms with Crippen molar-refractivity contribution in [1.29, 1.82) is 0 Å². The molecule has 0 aromatic heterocycles. The van der Waals surface area contributed by atoms with Crippen LogP contribution in [0.3, 0.4) is 0 Å². The van der Waals surface area contributed by atoms with Crippen LogP contribution in [0.25, 0.3) is 0 Å². The van der Waals surface area contributed by atoms with Crippen LogP contribution in [-0.4, -0.2) is 43.1 Å². The molecule has 1 fully saturated rings. The Labute approximate surface area is 184 Å². The number of hydrogen-bond donors (Lipinski definition) is 2. The number of hydroxylamine groups is 1. The van der Waals surface area contributed by atoms with Gasteiger partial charge in [-0.15, -0.1) is 12.4 Å². The van der Waals surface area contributed by atoms with E-state index >= 15 is 0 Å². The minimum atomic E-state index is -0.509. The second-order valence-corrected chi connectivity index (χ2v) is 7.32. The fourth-order valence-corrected chi connectivity index (χ4v) is 3.36. The lowest BCUT2D eigenvalue weighted by Crippen LogP contribution is -2.48. The SMILES string of the molecule is Cl.O=C(Cc1ccc(CCCCc2ccccc2)cc1)NOC(=O)N1CCNCC1. The summed E-state index contributed by atoms with van der Waals surface area (Å²) in [6, 6.07) is 18.6. The molecule has 2 amide bonds. The molecule has 7 heteroatoms. The molecule has 0 atom stereocenters. The van der Waals surface area contributed by atoms with E-state index in [4.69, 9.17) is 4.84 Å². The molecule has 3 rings (SSSR count). The first-order valence-electron chi connectivity index (χ1n) is 10.3. The maximum atomic E-state index is 12.0. The summed E-state index contributed by atoms with van der Waals surface area (Å²) in [4.78, 5) is 30.4. The first kappa shape index (κ1) is 23.7. The first-order chi connectivity index (χ1) is 14.2. The highest BCUT2D eigenvalue weighted by Crippen LogP contribution is 2.11. The quantitative estimate of drug-likeness (QED) is 0.521. The Morgan fingerprint density at radius 3 is 2.07 bits per heavy atom. The van der Waals surface area contributed by atoms with E-state index in [2.05, 4.69) is 47.2 Å². The molecule has 1 aliphatic rings. The van der Waals surface area contributed by atoms with Gasteiger partial charge in [-0.1, -0.05) is 54.6 Å². The van der Waals surface area contributed by atoms with Crippen molar-refractivity contribution in [2.75, 3.05) is 26.2 Å². The van der Waals surface area contributed by atoms with Crippen molar-refractivity contribution >= 4 is 24.4 Å². The van der Waals surface area contributed by atoms with E-state index in [0.29, 0.717) is 13.1 Å². The Balaban J connectivity index is 0.00000320. The Morgan fingerprint density at radius 1 is 0.867 bits per heavy atom. The molecule has 0 unspecified atom stereocenters. The first-order valence-corrected chi connectivity index (χ1v) is 10.3. The van der Waals surface area contributed by atoms with Crippen LogP contribution in [0.4, 0.5) is 4.79 Å². The third-order valence-electron chi connectivity index (χ3n) is 5.04. The van der Waals surface area contributed by atoms with Gasteiger partial charge in [0.05, 0.1) is 6.42 Å². The summed E-state index contributed by atoms with van der Waals surface area (Å²) in [6.45, 7) is 2.65. The molecule has 2 aromatic rings. The summed E-state index contributed by atoms with van der Waals surface area (Å²) in [6.07, 6.45) is 4.10. The average molecular weight is 432 g/mol. The molecule has 0 radical (unpaired) electrons. The maximum Gasteiger partial charge on any atom is 0.434 e. The molecule has 1 heterocycles. The normalized spacial score (nSPS) is 13.3. The second-order valence-electron chi connectivity index (χ2n) is 7.32. The molecule has 1 saturated heterocycles. The van der Waals surface area contributed by atoms with Crippen molar-refractivity contribution < 1.29 is 14.4 Å². The van der Waals surface area contributed by atoms with Crippen molar-refractivity contribution in [3.63, 3.8) is 0 Å². The summed E-state index contributed by atoms with van der Waals surface area (Å²) in [7, 11) is 0. The zero-order valence-corrected chi connectivity index (χ0v) is 18.0. The van der Waals surface area contributed by atoms with Gasteiger partial charge >= 0.3 is 6.09 Å². The highest BCUT2D eigenvalue weighted by molar-refractivity contribution is 5.85. The van der Waals surface area contributed by atoms with Crippen LogP contribution in [0, 0.1) is 0 Å². The van der Waals surface area contributed by atoms with Crippen molar-refractivity contribution in [2.45, 2.75) is 32.1 Å². The van der Waals surface area contributed by atoms with Gasteiger partial charge in [0.25, 0.3) is 5.91 Å². The van der Waals surface area contributed by atoms with Crippen molar-refractivity contribution in [3.05, 3.63) is 71.3 Å². The van der Waals surface area contributed by atoms with Gasteiger partial charge in [-0.2, -0.15) is 5.48 Å². The van der Waals surface area contributed by atoms with Gasteiger partial charge in [-0.05, 0) is 42.4 Å². The molecular weight excluding hydrogens is 402 g/mol. The summed E-state index contributed by atoms with van der Waals surface area (Å²) in [5.41, 5.74) is 5.80. The largest absolute Gasteiger partial charge is 0.434 e. The number of nitrogens with one attached hydrogen (secondary N) is 2. The maximum absolute atomic E-state index is 12.0. The van der Waals surface area contributed by atoms with Crippen LogP contribution in [0.15, 0.2) is 54.6 Å². The predicted molar refractivity (Wildman–Crippen MR) is 120 cm³/mol. The Morgan fingerprint density at radius 2 is 1.43 bits per heavy atom. The number of rotatable bonds is 7. The van der Waals surface area contributed by atoms with Crippen LogP contribution in [0.2, 0.25) is 0 Å². The van der Waals surface area contributed by atoms with Gasteiger partial charge in [-0.25, -0.2) is 4.79 Å². The highest BCUT2D eigenvalue weighted by Gasteiger charge is 2.18. The summed E-state index contributed by atoms with van der Waals surface area (Å²) in [5, 5.41) is 3.16. The van der Waals surface area contributed by atoms with E-state index in [-0.39, 0.29) is 24.7 Å². The number of piperazine rings is 1. The molecule has 6 nitrogen and oxygen atoms in total. The lowest BCUT2D eigenvalue weighted by Gasteiger charge is -2.26. The fourth-order valence-electron chi connectivity index (χ4n) is 3.36. The molecule has 162 valence electrons. The minimum absolute atomic E-state index is 0. The molecular formula is C23H30ClN3O3. The molecule has 1 aliphatic heterocycles. The zero-order chi connectivity index (χ0) is 20.3. The molecule has 0 aliphatic carbocycles. The van der Waals surface area contributed by atoms with Crippen LogP contribution < -0.4 is 10.8 Å². The zero-order valence-electron chi connectivity index (χ0n) is 17.1. The van der Waals surface area contributed by atoms with Crippen molar-refractivity contribution in [1.82, 2.24) is 15.7 Å². The number of halogens is 1. The van der Waals surface area contributed by atoms with Crippen LogP contribution in [0.5, 0.6) is 0 Å². The minimum Gasteiger partial charge on any atom is -0.321 e. The number of nitrogens with zero attached hydrogens (tertiary/aromatic N) is 1. The smallest absolute Gasteiger partial charge is 0.321 e. The number of carbonyl (C=O) groups is 2. The summed E-state index contributed by atoms with van der Waals surface area (Å²) < 4.78 is 0. The van der Waals surface area contributed by atoms with E-state index in [1.165, 1.54) is 11.1 Å². The number of hydrogen-bond acceptors (Lipinski definition) is 4. The number of carbonyl (C=O) groups excluding carboxylic acids is 2. The third-order valence-corrected chi connectivity index (χ3v) is 5.04. The highest BCUT2D eigenvalue weighted by atomic mass is 35.5. The fraction of sp³-hybridized carbons (Fsp3) is 0.391. The van der Waals surface area contributed by atoms with E-state index in [1.807, 2.05) is 18.2 Å². The molecule has 0 saturated carbocycles. The second kappa shape index (κ2) is 12.9. The lowest BCUT2D eigenvalue weighted by atomic mass is 10.0. The predicted octanol–water partition coefficient (Wildman–Crippen LogP) is 3.29. The Bertz CT molecular complexity index is 778. The molecule has 0 bridgehead atoms. The van der Waals surface area contributed by atoms with Crippen LogP contribution in [0.1, 0.15) is 29.5 Å². The van der Waals surface area contributed by atoms with Gasteiger partial charge in [0.1, 0.15) is 0 Å². The van der Waals surface area contributed by atoms with E-state index in [9.17, 15) is 9.59 Å². The van der Waals surface area contributed by atoms with Gasteiger partial charge < -0.3 is 15.1 Å². The summed E-state index contributed by atoms with van der Waals surface area (Å²) in [5.74, 6) is -0.330. The Hall–Kier alpha value is -2.57. The van der Waals surface area contributed by atoms with Gasteiger partial charge in [0, 0.05) is 26.2 Å². The van der Waals surface area contributed by atoms with E-state index < -0.39 is 6.09 Å². The topological polar surface area (TPSA) is 70.7 Å². The van der Waals surface area contributed by atoms with Gasteiger partial charge in [-0.3, -0.25) is 4.79 Å². The lowest BCUT2D eigenvalue weighted by molar-refractivity contribution is -0.129. The van der Waals surface area contributed by atoms with E-state index in [1.54, 1.807) is 4.90 Å². The monoisotopic (exact) mass is 431 g/mol. The summed E-state index contributed by atoms with van der Waals surface area (Å²) >= 11 is 0. The average Bonchev–Trinajstić information content (AvgIpc) is 2.77. The van der Waals surface area contributed by atoms with Crippen molar-refractivity contribution in [2.24, 2.45) is 0 Å². The Kier molecular flexibility index (Phi) is 10.2. The van der Waals surface area contributed by atoms with E-state index in [0.717, 1.165) is 44.3 Å². The van der Waals surface area contributed by atoms with Crippen LogP contribution in [-0.2, 0) is 28.9 Å². The number of aryl methyl sites for hydroxylation is 2. The van der Waals surface area contributed by atoms with Gasteiger partial charge in [0.2, 0.25) is 0 Å². The number of benzene rings is 2. The van der Waals surface area contributed by atoms with Crippen LogP contribution >= 0.6 is 12.4 Å². The number of amides is 2. The molecule has 2 aromatic carbocycles.